The zero-order chi connectivity index (χ0) is 15.5. The molecule has 5 nitrogen and oxygen atoms in total. The van der Waals surface area contributed by atoms with Gasteiger partial charge in [-0.3, -0.25) is 9.20 Å². The van der Waals surface area contributed by atoms with Crippen LogP contribution in [-0.4, -0.2) is 28.9 Å². The molecule has 0 aliphatic carbocycles. The number of methoxy groups -OCH3 is 1. The predicted molar refractivity (Wildman–Crippen MR) is 86.2 cm³/mol. The maximum Gasteiger partial charge on any atom is 0.269 e. The number of benzene rings is 1. The molecule has 0 fully saturated rings. The first kappa shape index (κ1) is 14.2. The third-order valence-corrected chi connectivity index (χ3v) is 4.02. The van der Waals surface area contributed by atoms with E-state index in [0.29, 0.717) is 5.69 Å². The van der Waals surface area contributed by atoms with Crippen molar-refractivity contribution in [3.05, 3.63) is 41.5 Å². The highest BCUT2D eigenvalue weighted by atomic mass is 32.1. The summed E-state index contributed by atoms with van der Waals surface area (Å²) in [7, 11) is 1.63. The van der Waals surface area contributed by atoms with Gasteiger partial charge in [0.15, 0.2) is 4.96 Å². The molecule has 1 amide bonds. The Morgan fingerprint density at radius 2 is 2.23 bits per heavy atom. The van der Waals surface area contributed by atoms with Gasteiger partial charge in [0.25, 0.3) is 5.91 Å². The summed E-state index contributed by atoms with van der Waals surface area (Å²) in [6.07, 6.45) is 7.00. The number of nitrogens with zero attached hydrogens (tertiary/aromatic N) is 2. The summed E-state index contributed by atoms with van der Waals surface area (Å²) in [5, 5.41) is 4.43. The minimum Gasteiger partial charge on any atom is -0.497 e. The molecule has 1 N–H and O–H groups in total. The van der Waals surface area contributed by atoms with Crippen LogP contribution < -0.4 is 10.1 Å². The largest absolute Gasteiger partial charge is 0.497 e. The molecule has 0 aliphatic heterocycles. The van der Waals surface area contributed by atoms with Gasteiger partial charge < -0.3 is 10.1 Å². The lowest BCUT2D eigenvalue weighted by atomic mass is 10.2. The Bertz CT molecular complexity index is 856. The van der Waals surface area contributed by atoms with Crippen LogP contribution in [0.25, 0.3) is 16.2 Å². The van der Waals surface area contributed by atoms with Crippen LogP contribution in [0.1, 0.15) is 10.5 Å². The van der Waals surface area contributed by atoms with Crippen LogP contribution in [0.2, 0.25) is 0 Å². The quantitative estimate of drug-likeness (QED) is 0.753. The Morgan fingerprint density at radius 3 is 2.91 bits per heavy atom. The number of hydrogen-bond donors (Lipinski definition) is 1. The highest BCUT2D eigenvalue weighted by molar-refractivity contribution is 7.15. The molecule has 6 heteroatoms. The Balaban J connectivity index is 1.94. The molecule has 0 saturated heterocycles. The van der Waals surface area contributed by atoms with E-state index in [4.69, 9.17) is 11.2 Å². The number of thiazole rings is 1. The van der Waals surface area contributed by atoms with Crippen LogP contribution >= 0.6 is 11.3 Å². The molecule has 0 aliphatic rings. The second kappa shape index (κ2) is 5.92. The van der Waals surface area contributed by atoms with Gasteiger partial charge in [-0.1, -0.05) is 5.92 Å². The van der Waals surface area contributed by atoms with Gasteiger partial charge in [0.2, 0.25) is 0 Å². The molecule has 1 aromatic carbocycles. The summed E-state index contributed by atoms with van der Waals surface area (Å²) in [5.74, 6) is 2.97. The van der Waals surface area contributed by atoms with Gasteiger partial charge in [0, 0.05) is 17.1 Å². The summed E-state index contributed by atoms with van der Waals surface area (Å²) in [6.45, 7) is 0.205. The molecule has 0 saturated carbocycles. The molecule has 0 radical (unpaired) electrons. The number of carbonyl (C=O) groups is 1. The van der Waals surface area contributed by atoms with Crippen LogP contribution in [0.4, 0.5) is 0 Å². The third-order valence-electron chi connectivity index (χ3n) is 3.18. The number of terminal acetylenes is 1. The van der Waals surface area contributed by atoms with Gasteiger partial charge in [0.05, 0.1) is 19.3 Å². The lowest BCUT2D eigenvalue weighted by molar-refractivity contribution is 0.0953. The zero-order valence-corrected chi connectivity index (χ0v) is 12.7. The second-order valence-electron chi connectivity index (χ2n) is 4.51. The molecule has 3 rings (SSSR count). The fraction of sp³-hybridized carbons (Fsp3) is 0.125. The normalized spacial score (nSPS) is 10.4. The highest BCUT2D eigenvalue weighted by Crippen LogP contribution is 2.25. The summed E-state index contributed by atoms with van der Waals surface area (Å²) < 4.78 is 6.92. The molecule has 0 bridgehead atoms. The number of ether oxygens (including phenoxy) is 1. The summed E-state index contributed by atoms with van der Waals surface area (Å²) in [4.78, 5) is 17.3. The van der Waals surface area contributed by atoms with E-state index in [1.54, 1.807) is 16.9 Å². The lowest BCUT2D eigenvalue weighted by Gasteiger charge is -2.01. The molecule has 0 atom stereocenters. The Labute approximate surface area is 131 Å². The number of nitrogens with one attached hydrogen (secondary N) is 1. The van der Waals surface area contributed by atoms with Gasteiger partial charge in [-0.15, -0.1) is 17.8 Å². The Hall–Kier alpha value is -2.78. The molecular formula is C16H13N3O2S. The SMILES string of the molecule is C#CCNC(=O)c1csc2nc(-c3ccc(OC)cc3)cn12. The van der Waals surface area contributed by atoms with E-state index in [9.17, 15) is 4.79 Å². The molecule has 0 spiro atoms. The molecule has 110 valence electrons. The van der Waals surface area contributed by atoms with Crippen molar-refractivity contribution in [2.45, 2.75) is 0 Å². The van der Waals surface area contributed by atoms with Crippen molar-refractivity contribution in [3.8, 4) is 29.4 Å². The van der Waals surface area contributed by atoms with Crippen molar-refractivity contribution in [1.82, 2.24) is 14.7 Å². The minimum atomic E-state index is -0.206. The number of imidazole rings is 1. The first-order chi connectivity index (χ1) is 10.7. The highest BCUT2D eigenvalue weighted by Gasteiger charge is 2.14. The Kier molecular flexibility index (Phi) is 3.81. The van der Waals surface area contributed by atoms with Crippen LogP contribution in [0, 0.1) is 12.3 Å². The maximum absolute atomic E-state index is 12.0. The van der Waals surface area contributed by atoms with Gasteiger partial charge in [-0.2, -0.15) is 0 Å². The summed E-state index contributed by atoms with van der Waals surface area (Å²) in [6, 6.07) is 7.62. The predicted octanol–water partition coefficient (Wildman–Crippen LogP) is 2.43. The first-order valence-corrected chi connectivity index (χ1v) is 7.43. The molecule has 2 heterocycles. The van der Waals surface area contributed by atoms with Crippen LogP contribution in [0.5, 0.6) is 5.75 Å². The number of rotatable bonds is 4. The van der Waals surface area contributed by atoms with Crippen molar-refractivity contribution in [2.24, 2.45) is 0 Å². The first-order valence-electron chi connectivity index (χ1n) is 6.55. The number of aromatic nitrogens is 2. The van der Waals surface area contributed by atoms with E-state index in [2.05, 4.69) is 16.2 Å². The standard InChI is InChI=1S/C16H13N3O2S/c1-3-8-17-15(20)14-10-22-16-18-13(9-19(14)16)11-4-6-12(21-2)7-5-11/h1,4-7,9-10H,8H2,2H3,(H,17,20). The molecule has 3 aromatic rings. The van der Waals surface area contributed by atoms with Crippen LogP contribution in [-0.2, 0) is 0 Å². The summed E-state index contributed by atoms with van der Waals surface area (Å²) in [5.41, 5.74) is 2.30. The average molecular weight is 311 g/mol. The van der Waals surface area contributed by atoms with Gasteiger partial charge in [-0.05, 0) is 24.3 Å². The number of carbonyl (C=O) groups excluding carboxylic acids is 1. The maximum atomic E-state index is 12.0. The summed E-state index contributed by atoms with van der Waals surface area (Å²) >= 11 is 1.41. The number of hydrogen-bond acceptors (Lipinski definition) is 4. The van der Waals surface area contributed by atoms with Crippen LogP contribution in [0.3, 0.4) is 0 Å². The van der Waals surface area contributed by atoms with Crippen molar-refractivity contribution in [2.75, 3.05) is 13.7 Å². The second-order valence-corrected chi connectivity index (χ2v) is 5.35. The molecule has 22 heavy (non-hydrogen) atoms. The van der Waals surface area contributed by atoms with E-state index in [1.807, 2.05) is 30.5 Å². The lowest BCUT2D eigenvalue weighted by Crippen LogP contribution is -2.24. The smallest absolute Gasteiger partial charge is 0.269 e. The van der Waals surface area contributed by atoms with Crippen molar-refractivity contribution < 1.29 is 9.53 Å². The molecule has 2 aromatic heterocycles. The molecule has 0 unspecified atom stereocenters. The van der Waals surface area contributed by atoms with Crippen LogP contribution in [0.15, 0.2) is 35.8 Å². The minimum absolute atomic E-state index is 0.205. The van der Waals surface area contributed by atoms with Gasteiger partial charge in [-0.25, -0.2) is 4.98 Å². The molecular weight excluding hydrogens is 298 g/mol. The van der Waals surface area contributed by atoms with E-state index in [0.717, 1.165) is 22.0 Å². The van der Waals surface area contributed by atoms with Crippen molar-refractivity contribution in [3.63, 3.8) is 0 Å². The third kappa shape index (κ3) is 2.54. The van der Waals surface area contributed by atoms with E-state index >= 15 is 0 Å². The van der Waals surface area contributed by atoms with Gasteiger partial charge >= 0.3 is 0 Å². The number of amides is 1. The monoisotopic (exact) mass is 311 g/mol. The van der Waals surface area contributed by atoms with Crippen molar-refractivity contribution in [1.29, 1.82) is 0 Å². The Morgan fingerprint density at radius 1 is 1.45 bits per heavy atom. The fourth-order valence-electron chi connectivity index (χ4n) is 2.07. The zero-order valence-electron chi connectivity index (χ0n) is 11.9. The van der Waals surface area contributed by atoms with Crippen molar-refractivity contribution >= 4 is 22.2 Å². The van der Waals surface area contributed by atoms with E-state index < -0.39 is 0 Å². The van der Waals surface area contributed by atoms with E-state index in [-0.39, 0.29) is 12.5 Å². The fourth-order valence-corrected chi connectivity index (χ4v) is 2.92. The topological polar surface area (TPSA) is 55.6 Å². The van der Waals surface area contributed by atoms with E-state index in [1.165, 1.54) is 11.3 Å². The number of fused-ring (bicyclic) bond motifs is 1. The van der Waals surface area contributed by atoms with Gasteiger partial charge in [0.1, 0.15) is 11.4 Å². The average Bonchev–Trinajstić information content (AvgIpc) is 3.13.